The quantitative estimate of drug-likeness (QED) is 0.733. The molecule has 0 saturated heterocycles. The van der Waals surface area contributed by atoms with Crippen molar-refractivity contribution in [3.05, 3.63) is 35.4 Å². The molecular formula is C16H17NaO6. The van der Waals surface area contributed by atoms with E-state index < -0.39 is 23.1 Å². The van der Waals surface area contributed by atoms with Crippen LogP contribution in [0.1, 0.15) is 36.0 Å². The smallest absolute Gasteiger partial charge is 1.00 e. The van der Waals surface area contributed by atoms with Gasteiger partial charge in [-0.05, 0) is 13.8 Å². The van der Waals surface area contributed by atoms with E-state index in [2.05, 4.69) is 0 Å². The molecule has 0 bridgehead atoms. The molecule has 0 fully saturated rings. The van der Waals surface area contributed by atoms with Crippen LogP contribution in [0.2, 0.25) is 0 Å². The standard InChI is InChI=1S/C16H16O6.Na.H/c1-3-21-13-9-7-5-6-8-10(9)14(22-4-2)12(16(19)20)11(13)15(17)18;;/h5-8H,3-4H2,1-2H3,(H,17,18)(H,19,20);;/q;+1;-1. The molecule has 0 atom stereocenters. The molecule has 0 aliphatic carbocycles. The molecule has 2 N–H and O–H groups in total. The summed E-state index contributed by atoms with van der Waals surface area (Å²) >= 11 is 0. The number of fused-ring (bicyclic) bond motifs is 1. The van der Waals surface area contributed by atoms with Gasteiger partial charge in [-0.1, -0.05) is 24.3 Å². The Hall–Kier alpha value is -1.76. The summed E-state index contributed by atoms with van der Waals surface area (Å²) in [4.78, 5) is 23.2. The van der Waals surface area contributed by atoms with Crippen LogP contribution in [0.4, 0.5) is 0 Å². The number of aromatic carboxylic acids is 2. The maximum absolute atomic E-state index is 11.6. The topological polar surface area (TPSA) is 93.1 Å². The minimum Gasteiger partial charge on any atom is -1.00 e. The minimum absolute atomic E-state index is 0. The Balaban J connectivity index is 0.00000264. The number of ether oxygens (including phenoxy) is 2. The van der Waals surface area contributed by atoms with E-state index in [0.29, 0.717) is 10.8 Å². The van der Waals surface area contributed by atoms with E-state index in [1.165, 1.54) is 0 Å². The summed E-state index contributed by atoms with van der Waals surface area (Å²) in [5, 5.41) is 20.0. The van der Waals surface area contributed by atoms with Crippen LogP contribution in [0, 0.1) is 0 Å². The number of rotatable bonds is 6. The van der Waals surface area contributed by atoms with E-state index in [4.69, 9.17) is 9.47 Å². The number of hydrogen-bond donors (Lipinski definition) is 2. The van der Waals surface area contributed by atoms with Crippen molar-refractivity contribution < 1.29 is 60.3 Å². The first-order valence-electron chi connectivity index (χ1n) is 6.83. The molecule has 6 nitrogen and oxygen atoms in total. The van der Waals surface area contributed by atoms with Gasteiger partial charge in [0.1, 0.15) is 22.6 Å². The molecule has 0 radical (unpaired) electrons. The summed E-state index contributed by atoms with van der Waals surface area (Å²) in [6.45, 7) is 3.85. The van der Waals surface area contributed by atoms with Crippen LogP contribution in [-0.4, -0.2) is 35.4 Å². The van der Waals surface area contributed by atoms with Crippen LogP contribution in [0.5, 0.6) is 11.5 Å². The Labute approximate surface area is 156 Å². The van der Waals surface area contributed by atoms with Gasteiger partial charge in [-0.3, -0.25) is 0 Å². The van der Waals surface area contributed by atoms with E-state index in [1.54, 1.807) is 38.1 Å². The van der Waals surface area contributed by atoms with Gasteiger partial charge in [-0.25, -0.2) is 9.59 Å². The fourth-order valence-corrected chi connectivity index (χ4v) is 2.37. The molecule has 0 aliphatic rings. The summed E-state index contributed by atoms with van der Waals surface area (Å²) in [6.07, 6.45) is 0. The van der Waals surface area contributed by atoms with Gasteiger partial charge in [0, 0.05) is 10.8 Å². The third-order valence-electron chi connectivity index (χ3n) is 3.13. The zero-order valence-corrected chi connectivity index (χ0v) is 15.3. The molecule has 2 aromatic carbocycles. The average Bonchev–Trinajstić information content (AvgIpc) is 2.48. The van der Waals surface area contributed by atoms with Crippen LogP contribution in [0.15, 0.2) is 24.3 Å². The maximum Gasteiger partial charge on any atom is 1.00 e. The fourth-order valence-electron chi connectivity index (χ4n) is 2.37. The molecule has 0 spiro atoms. The van der Waals surface area contributed by atoms with Gasteiger partial charge in [-0.15, -0.1) is 0 Å². The molecular weight excluding hydrogens is 311 g/mol. The molecule has 0 heterocycles. The SMILES string of the molecule is CCOc1c(C(=O)O)c(C(=O)O)c(OCC)c2ccccc12.[H-].[Na+]. The number of benzene rings is 2. The predicted octanol–water partition coefficient (Wildman–Crippen LogP) is 0.150. The van der Waals surface area contributed by atoms with Gasteiger partial charge in [0.15, 0.2) is 0 Å². The normalized spacial score (nSPS) is 10.0. The number of carbonyl (C=O) groups is 2. The second-order valence-electron chi connectivity index (χ2n) is 4.43. The van der Waals surface area contributed by atoms with Gasteiger partial charge in [-0.2, -0.15) is 0 Å². The summed E-state index contributed by atoms with van der Waals surface area (Å²) in [5.41, 5.74) is -0.784. The van der Waals surface area contributed by atoms with Crippen LogP contribution < -0.4 is 39.0 Å². The van der Waals surface area contributed by atoms with E-state index >= 15 is 0 Å². The number of carboxylic acids is 2. The first kappa shape index (κ1) is 19.3. The monoisotopic (exact) mass is 328 g/mol. The zero-order chi connectivity index (χ0) is 16.3. The number of hydrogen-bond acceptors (Lipinski definition) is 4. The number of carboxylic acid groups (broad SMARTS) is 2. The summed E-state index contributed by atoms with van der Waals surface area (Å²) in [6, 6.07) is 6.82. The predicted molar refractivity (Wildman–Crippen MR) is 81.3 cm³/mol. The first-order valence-corrected chi connectivity index (χ1v) is 6.83. The second-order valence-corrected chi connectivity index (χ2v) is 4.43. The molecule has 0 aromatic heterocycles. The van der Waals surface area contributed by atoms with Crippen LogP contribution in [-0.2, 0) is 0 Å². The van der Waals surface area contributed by atoms with Crippen molar-refractivity contribution in [1.29, 1.82) is 0 Å². The minimum atomic E-state index is -1.37. The van der Waals surface area contributed by atoms with E-state index in [1.807, 2.05) is 0 Å². The summed E-state index contributed by atoms with van der Waals surface area (Å²) in [7, 11) is 0. The first-order chi connectivity index (χ1) is 10.5. The van der Waals surface area contributed by atoms with E-state index in [-0.39, 0.29) is 55.7 Å². The Kier molecular flexibility index (Phi) is 6.87. The van der Waals surface area contributed by atoms with Crippen molar-refractivity contribution in [1.82, 2.24) is 0 Å². The zero-order valence-electron chi connectivity index (χ0n) is 14.3. The molecule has 118 valence electrons. The molecule has 23 heavy (non-hydrogen) atoms. The van der Waals surface area contributed by atoms with Crippen LogP contribution in [0.3, 0.4) is 0 Å². The molecule has 0 unspecified atom stereocenters. The van der Waals surface area contributed by atoms with Crippen LogP contribution >= 0.6 is 0 Å². The van der Waals surface area contributed by atoms with Crippen molar-refractivity contribution in [2.75, 3.05) is 13.2 Å². The van der Waals surface area contributed by atoms with E-state index in [9.17, 15) is 19.8 Å². The largest absolute Gasteiger partial charge is 1.00 e. The Morgan fingerprint density at radius 2 is 1.26 bits per heavy atom. The summed E-state index contributed by atoms with van der Waals surface area (Å²) in [5.74, 6) is -2.64. The molecule has 0 aliphatic heterocycles. The summed E-state index contributed by atoms with van der Waals surface area (Å²) < 4.78 is 10.9. The van der Waals surface area contributed by atoms with Crippen LogP contribution in [0.25, 0.3) is 10.8 Å². The Morgan fingerprint density at radius 3 is 1.52 bits per heavy atom. The third-order valence-corrected chi connectivity index (χ3v) is 3.13. The van der Waals surface area contributed by atoms with Gasteiger partial charge >= 0.3 is 41.5 Å². The molecule has 2 aromatic rings. The molecule has 7 heteroatoms. The van der Waals surface area contributed by atoms with E-state index in [0.717, 1.165) is 0 Å². The van der Waals surface area contributed by atoms with Gasteiger partial charge in [0.25, 0.3) is 0 Å². The van der Waals surface area contributed by atoms with Gasteiger partial charge < -0.3 is 21.1 Å². The third kappa shape index (κ3) is 3.60. The fraction of sp³-hybridized carbons (Fsp3) is 0.250. The molecule has 0 saturated carbocycles. The molecule has 0 amide bonds. The second kappa shape index (κ2) is 8.19. The van der Waals surface area contributed by atoms with Gasteiger partial charge in [0.2, 0.25) is 0 Å². The van der Waals surface area contributed by atoms with Crippen molar-refractivity contribution in [3.63, 3.8) is 0 Å². The maximum atomic E-state index is 11.6. The average molecular weight is 328 g/mol. The van der Waals surface area contributed by atoms with Crippen molar-refractivity contribution in [2.45, 2.75) is 13.8 Å². The van der Waals surface area contributed by atoms with Crippen molar-refractivity contribution >= 4 is 22.7 Å². The Morgan fingerprint density at radius 1 is 0.913 bits per heavy atom. The Bertz CT molecular complexity index is 684. The van der Waals surface area contributed by atoms with Gasteiger partial charge in [0.05, 0.1) is 13.2 Å². The van der Waals surface area contributed by atoms with Crippen molar-refractivity contribution in [3.8, 4) is 11.5 Å². The molecule has 2 rings (SSSR count). The van der Waals surface area contributed by atoms with Crippen molar-refractivity contribution in [2.24, 2.45) is 0 Å².